The Morgan fingerprint density at radius 3 is 2.76 bits per heavy atom. The maximum absolute atomic E-state index is 9.48. The third-order valence-electron chi connectivity index (χ3n) is 2.42. The highest BCUT2D eigenvalue weighted by atomic mass is 16.5. The molecule has 0 radical (unpaired) electrons. The number of aliphatic hydroxyl groups is 1. The molecular formula is C11H20N4O2. The Morgan fingerprint density at radius 1 is 1.41 bits per heavy atom. The molecule has 0 aliphatic heterocycles. The molecule has 17 heavy (non-hydrogen) atoms. The van der Waals surface area contributed by atoms with Gasteiger partial charge in [0.25, 0.3) is 0 Å². The smallest absolute Gasteiger partial charge is 0.134 e. The van der Waals surface area contributed by atoms with Crippen molar-refractivity contribution in [2.24, 2.45) is 0 Å². The zero-order valence-electron chi connectivity index (χ0n) is 10.5. The average Bonchev–Trinajstić information content (AvgIpc) is 2.25. The number of nitrogens with one attached hydrogen (secondary N) is 1. The normalized spacial score (nSPS) is 12.5. The quantitative estimate of drug-likeness (QED) is 0.670. The molecule has 1 heterocycles. The van der Waals surface area contributed by atoms with E-state index in [1.807, 2.05) is 6.92 Å². The second kappa shape index (κ2) is 6.36. The number of aromatic nitrogens is 2. The van der Waals surface area contributed by atoms with E-state index in [0.717, 1.165) is 11.4 Å². The SMILES string of the molecule is COCC(O)CCNc1nc(C)nc(N)c1C. The van der Waals surface area contributed by atoms with Crippen molar-refractivity contribution in [2.45, 2.75) is 26.4 Å². The summed E-state index contributed by atoms with van der Waals surface area (Å²) >= 11 is 0. The molecule has 1 aromatic rings. The molecule has 6 heteroatoms. The second-order valence-corrected chi connectivity index (χ2v) is 3.95. The van der Waals surface area contributed by atoms with Crippen LogP contribution in [0.3, 0.4) is 0 Å². The van der Waals surface area contributed by atoms with E-state index in [2.05, 4.69) is 15.3 Å². The summed E-state index contributed by atoms with van der Waals surface area (Å²) in [6, 6.07) is 0. The number of hydrogen-bond donors (Lipinski definition) is 3. The van der Waals surface area contributed by atoms with Crippen LogP contribution in [0, 0.1) is 13.8 Å². The lowest BCUT2D eigenvalue weighted by Crippen LogP contribution is -2.19. The molecule has 0 fully saturated rings. The minimum atomic E-state index is -0.465. The number of nitrogens with zero attached hydrogens (tertiary/aromatic N) is 2. The van der Waals surface area contributed by atoms with Crippen LogP contribution in [-0.4, -0.2) is 41.4 Å². The Bertz CT molecular complexity index is 371. The highest BCUT2D eigenvalue weighted by molar-refractivity contribution is 5.54. The van der Waals surface area contributed by atoms with Gasteiger partial charge in [-0.2, -0.15) is 0 Å². The molecule has 4 N–H and O–H groups in total. The van der Waals surface area contributed by atoms with Crippen molar-refractivity contribution < 1.29 is 9.84 Å². The van der Waals surface area contributed by atoms with Gasteiger partial charge < -0.3 is 20.9 Å². The molecule has 0 aromatic carbocycles. The van der Waals surface area contributed by atoms with Gasteiger partial charge in [-0.05, 0) is 20.3 Å². The predicted octanol–water partition coefficient (Wildman–Crippen LogP) is 0.485. The molecular weight excluding hydrogens is 220 g/mol. The van der Waals surface area contributed by atoms with Crippen molar-refractivity contribution in [3.8, 4) is 0 Å². The molecule has 0 spiro atoms. The summed E-state index contributed by atoms with van der Waals surface area (Å²) in [7, 11) is 1.56. The summed E-state index contributed by atoms with van der Waals surface area (Å²) in [5.41, 5.74) is 6.57. The number of ether oxygens (including phenoxy) is 1. The van der Waals surface area contributed by atoms with E-state index in [1.54, 1.807) is 14.0 Å². The summed E-state index contributed by atoms with van der Waals surface area (Å²) in [5, 5.41) is 12.6. The van der Waals surface area contributed by atoms with Gasteiger partial charge in [-0.15, -0.1) is 0 Å². The monoisotopic (exact) mass is 240 g/mol. The van der Waals surface area contributed by atoms with Gasteiger partial charge in [0, 0.05) is 19.2 Å². The number of nitrogen functional groups attached to an aromatic ring is 1. The van der Waals surface area contributed by atoms with E-state index in [9.17, 15) is 5.11 Å². The molecule has 0 amide bonds. The van der Waals surface area contributed by atoms with Gasteiger partial charge in [-0.1, -0.05) is 0 Å². The van der Waals surface area contributed by atoms with Gasteiger partial charge >= 0.3 is 0 Å². The van der Waals surface area contributed by atoms with Gasteiger partial charge in [-0.25, -0.2) is 9.97 Å². The van der Waals surface area contributed by atoms with Crippen LogP contribution >= 0.6 is 0 Å². The Hall–Kier alpha value is -1.40. The maximum Gasteiger partial charge on any atom is 0.134 e. The molecule has 1 rings (SSSR count). The molecule has 0 saturated carbocycles. The molecule has 0 bridgehead atoms. The molecule has 1 unspecified atom stereocenters. The van der Waals surface area contributed by atoms with Crippen LogP contribution in [0.2, 0.25) is 0 Å². The molecule has 96 valence electrons. The minimum Gasteiger partial charge on any atom is -0.391 e. The minimum absolute atomic E-state index is 0.339. The van der Waals surface area contributed by atoms with Crippen LogP contribution in [0.5, 0.6) is 0 Å². The van der Waals surface area contributed by atoms with E-state index < -0.39 is 6.10 Å². The first-order valence-electron chi connectivity index (χ1n) is 5.56. The van der Waals surface area contributed by atoms with Crippen molar-refractivity contribution in [3.63, 3.8) is 0 Å². The van der Waals surface area contributed by atoms with Crippen molar-refractivity contribution >= 4 is 11.6 Å². The Kier molecular flexibility index (Phi) is 5.11. The molecule has 0 aliphatic carbocycles. The lowest BCUT2D eigenvalue weighted by Gasteiger charge is -2.13. The fourth-order valence-corrected chi connectivity index (χ4v) is 1.46. The fourth-order valence-electron chi connectivity index (χ4n) is 1.46. The second-order valence-electron chi connectivity index (χ2n) is 3.95. The van der Waals surface area contributed by atoms with Crippen LogP contribution in [0.4, 0.5) is 11.6 Å². The lowest BCUT2D eigenvalue weighted by atomic mass is 10.2. The van der Waals surface area contributed by atoms with E-state index in [4.69, 9.17) is 10.5 Å². The highest BCUT2D eigenvalue weighted by Gasteiger charge is 2.07. The van der Waals surface area contributed by atoms with Gasteiger partial charge in [0.2, 0.25) is 0 Å². The first-order chi connectivity index (χ1) is 8.04. The Morgan fingerprint density at radius 2 is 2.12 bits per heavy atom. The van der Waals surface area contributed by atoms with E-state index in [1.165, 1.54) is 0 Å². The number of rotatable bonds is 6. The third kappa shape index (κ3) is 4.16. The summed E-state index contributed by atoms with van der Waals surface area (Å²) in [5.74, 6) is 1.84. The molecule has 1 atom stereocenters. The number of methoxy groups -OCH3 is 1. The number of anilines is 2. The summed E-state index contributed by atoms with van der Waals surface area (Å²) in [4.78, 5) is 8.32. The van der Waals surface area contributed by atoms with Gasteiger partial charge in [0.05, 0.1) is 12.7 Å². The molecule has 0 aliphatic rings. The summed E-state index contributed by atoms with van der Waals surface area (Å²) in [6.45, 7) is 4.61. The van der Waals surface area contributed by atoms with Crippen molar-refractivity contribution in [1.29, 1.82) is 0 Å². The number of aryl methyl sites for hydroxylation is 1. The van der Waals surface area contributed by atoms with Crippen molar-refractivity contribution in [1.82, 2.24) is 9.97 Å². The zero-order chi connectivity index (χ0) is 12.8. The summed E-state index contributed by atoms with van der Waals surface area (Å²) in [6.07, 6.45) is 0.129. The zero-order valence-corrected chi connectivity index (χ0v) is 10.5. The lowest BCUT2D eigenvalue weighted by molar-refractivity contribution is 0.0615. The number of aliphatic hydroxyl groups excluding tert-OH is 1. The predicted molar refractivity (Wildman–Crippen MR) is 66.9 cm³/mol. The maximum atomic E-state index is 9.48. The first-order valence-corrected chi connectivity index (χ1v) is 5.56. The van der Waals surface area contributed by atoms with Gasteiger partial charge in [0.15, 0.2) is 0 Å². The summed E-state index contributed by atoms with van der Waals surface area (Å²) < 4.78 is 4.84. The Balaban J connectivity index is 2.52. The van der Waals surface area contributed by atoms with Gasteiger partial charge in [0.1, 0.15) is 17.5 Å². The van der Waals surface area contributed by atoms with Crippen molar-refractivity contribution in [3.05, 3.63) is 11.4 Å². The van der Waals surface area contributed by atoms with Gasteiger partial charge in [-0.3, -0.25) is 0 Å². The van der Waals surface area contributed by atoms with Crippen molar-refractivity contribution in [2.75, 3.05) is 31.3 Å². The number of nitrogens with two attached hydrogens (primary N) is 1. The molecule has 1 aromatic heterocycles. The highest BCUT2D eigenvalue weighted by Crippen LogP contribution is 2.16. The van der Waals surface area contributed by atoms with E-state index in [0.29, 0.717) is 31.2 Å². The van der Waals surface area contributed by atoms with Crippen LogP contribution in [-0.2, 0) is 4.74 Å². The fraction of sp³-hybridized carbons (Fsp3) is 0.636. The molecule has 0 saturated heterocycles. The first kappa shape index (κ1) is 13.7. The van der Waals surface area contributed by atoms with Crippen LogP contribution in [0.15, 0.2) is 0 Å². The third-order valence-corrected chi connectivity index (χ3v) is 2.42. The average molecular weight is 240 g/mol. The topological polar surface area (TPSA) is 93.3 Å². The van der Waals surface area contributed by atoms with E-state index >= 15 is 0 Å². The largest absolute Gasteiger partial charge is 0.391 e. The van der Waals surface area contributed by atoms with Crippen LogP contribution < -0.4 is 11.1 Å². The van der Waals surface area contributed by atoms with Crippen LogP contribution in [0.25, 0.3) is 0 Å². The van der Waals surface area contributed by atoms with Crippen LogP contribution in [0.1, 0.15) is 17.8 Å². The molecule has 6 nitrogen and oxygen atoms in total. The van der Waals surface area contributed by atoms with E-state index in [-0.39, 0.29) is 0 Å². The standard InChI is InChI=1S/C11H20N4O2/c1-7-10(12)14-8(2)15-11(7)13-5-4-9(16)6-17-3/h9,16H,4-6H2,1-3H3,(H3,12,13,14,15). The number of hydrogen-bond acceptors (Lipinski definition) is 6. The Labute approximate surface area is 101 Å².